The van der Waals surface area contributed by atoms with Crippen molar-refractivity contribution in [2.24, 2.45) is 0 Å². The normalized spacial score (nSPS) is 10.1. The van der Waals surface area contributed by atoms with E-state index in [2.05, 4.69) is 27.4 Å². The lowest BCUT2D eigenvalue weighted by atomic mass is 10.2. The van der Waals surface area contributed by atoms with Crippen LogP contribution in [0, 0.1) is 0 Å². The number of benzene rings is 1. The molecule has 0 amide bonds. The maximum absolute atomic E-state index is 5.03. The summed E-state index contributed by atoms with van der Waals surface area (Å²) in [5.41, 5.74) is 1.21. The Balaban J connectivity index is 2.12. The number of nitrogens with zero attached hydrogens (tertiary/aromatic N) is 2. The van der Waals surface area contributed by atoms with Crippen molar-refractivity contribution in [2.45, 2.75) is 11.4 Å². The largest absolute Gasteiger partial charge is 0.467 e. The van der Waals surface area contributed by atoms with E-state index < -0.39 is 0 Å². The first kappa shape index (κ1) is 12.7. The van der Waals surface area contributed by atoms with Gasteiger partial charge < -0.3 is 10.1 Å². The zero-order valence-corrected chi connectivity index (χ0v) is 11.2. The van der Waals surface area contributed by atoms with E-state index in [1.54, 1.807) is 25.1 Å². The highest BCUT2D eigenvalue weighted by atomic mass is 32.2. The molecule has 0 spiro atoms. The standard InChI is InChI=1S/C13H15N3OS/c1-17-13-15-9-11(18-2)12(16-13)14-8-10-6-4-3-5-7-10/h3-7,9H,8H2,1-2H3,(H,14,15,16). The van der Waals surface area contributed by atoms with Crippen molar-refractivity contribution < 1.29 is 4.74 Å². The van der Waals surface area contributed by atoms with E-state index in [9.17, 15) is 0 Å². The van der Waals surface area contributed by atoms with E-state index in [0.29, 0.717) is 6.01 Å². The zero-order valence-electron chi connectivity index (χ0n) is 10.4. The summed E-state index contributed by atoms with van der Waals surface area (Å²) in [6, 6.07) is 10.6. The van der Waals surface area contributed by atoms with Gasteiger partial charge in [-0.2, -0.15) is 4.98 Å². The molecular weight excluding hydrogens is 246 g/mol. The highest BCUT2D eigenvalue weighted by Gasteiger charge is 2.06. The van der Waals surface area contributed by atoms with Gasteiger partial charge in [-0.05, 0) is 11.8 Å². The topological polar surface area (TPSA) is 47.0 Å². The smallest absolute Gasteiger partial charge is 0.318 e. The third-order valence-corrected chi connectivity index (χ3v) is 3.18. The molecule has 18 heavy (non-hydrogen) atoms. The molecule has 4 nitrogen and oxygen atoms in total. The Morgan fingerprint density at radius 1 is 1.28 bits per heavy atom. The molecule has 0 radical (unpaired) electrons. The summed E-state index contributed by atoms with van der Waals surface area (Å²) in [7, 11) is 1.56. The van der Waals surface area contributed by atoms with Gasteiger partial charge in [0.15, 0.2) is 0 Å². The van der Waals surface area contributed by atoms with E-state index >= 15 is 0 Å². The fourth-order valence-corrected chi connectivity index (χ4v) is 1.98. The summed E-state index contributed by atoms with van der Waals surface area (Å²) in [6.45, 7) is 0.731. The molecule has 0 atom stereocenters. The van der Waals surface area contributed by atoms with Crippen molar-refractivity contribution in [3.8, 4) is 6.01 Å². The molecule has 5 heteroatoms. The Kier molecular flexibility index (Phi) is 4.41. The number of rotatable bonds is 5. The monoisotopic (exact) mass is 261 g/mol. The Hall–Kier alpha value is -1.75. The molecule has 1 N–H and O–H groups in total. The van der Waals surface area contributed by atoms with Crippen molar-refractivity contribution in [3.63, 3.8) is 0 Å². The molecule has 0 unspecified atom stereocenters. The molecule has 2 rings (SSSR count). The molecule has 0 aliphatic carbocycles. The second-order valence-electron chi connectivity index (χ2n) is 3.61. The molecule has 1 aromatic heterocycles. The van der Waals surface area contributed by atoms with Crippen LogP contribution >= 0.6 is 11.8 Å². The van der Waals surface area contributed by atoms with Gasteiger partial charge in [0.1, 0.15) is 5.82 Å². The first-order valence-electron chi connectivity index (χ1n) is 5.56. The minimum absolute atomic E-state index is 0.378. The first-order valence-corrected chi connectivity index (χ1v) is 6.78. The summed E-state index contributed by atoms with van der Waals surface area (Å²) >= 11 is 1.61. The van der Waals surface area contributed by atoms with Crippen molar-refractivity contribution in [3.05, 3.63) is 42.1 Å². The van der Waals surface area contributed by atoms with E-state index in [1.807, 2.05) is 24.5 Å². The van der Waals surface area contributed by atoms with Gasteiger partial charge in [0, 0.05) is 12.7 Å². The van der Waals surface area contributed by atoms with Crippen LogP contribution in [0.3, 0.4) is 0 Å². The van der Waals surface area contributed by atoms with Crippen LogP contribution < -0.4 is 10.1 Å². The second-order valence-corrected chi connectivity index (χ2v) is 4.46. The zero-order chi connectivity index (χ0) is 12.8. The van der Waals surface area contributed by atoms with Crippen LogP contribution in [0.5, 0.6) is 6.01 Å². The Labute approximate surface area is 111 Å². The molecule has 0 saturated carbocycles. The van der Waals surface area contributed by atoms with Gasteiger partial charge >= 0.3 is 6.01 Å². The molecule has 0 fully saturated rings. The molecule has 0 aliphatic heterocycles. The molecule has 1 aromatic carbocycles. The molecule has 2 aromatic rings. The van der Waals surface area contributed by atoms with E-state index in [4.69, 9.17) is 4.74 Å². The maximum Gasteiger partial charge on any atom is 0.318 e. The molecule has 94 valence electrons. The average molecular weight is 261 g/mol. The third-order valence-electron chi connectivity index (χ3n) is 2.44. The van der Waals surface area contributed by atoms with E-state index in [1.165, 1.54) is 5.56 Å². The molecule has 0 aliphatic rings. The number of thioether (sulfide) groups is 1. The maximum atomic E-state index is 5.03. The van der Waals surface area contributed by atoms with Crippen molar-refractivity contribution in [1.29, 1.82) is 0 Å². The fraction of sp³-hybridized carbons (Fsp3) is 0.231. The number of aromatic nitrogens is 2. The lowest BCUT2D eigenvalue weighted by Crippen LogP contribution is -2.04. The van der Waals surface area contributed by atoms with Gasteiger partial charge in [-0.15, -0.1) is 11.8 Å². The van der Waals surface area contributed by atoms with Crippen LogP contribution in [-0.4, -0.2) is 23.3 Å². The van der Waals surface area contributed by atoms with Gasteiger partial charge in [-0.25, -0.2) is 4.98 Å². The van der Waals surface area contributed by atoms with Crippen LogP contribution in [0.1, 0.15) is 5.56 Å². The number of hydrogen-bond donors (Lipinski definition) is 1. The highest BCUT2D eigenvalue weighted by molar-refractivity contribution is 7.98. The van der Waals surface area contributed by atoms with Crippen LogP contribution in [0.4, 0.5) is 5.82 Å². The summed E-state index contributed by atoms with van der Waals surface area (Å²) in [5.74, 6) is 0.804. The molecule has 0 bridgehead atoms. The molecule has 0 saturated heterocycles. The number of ether oxygens (including phenoxy) is 1. The number of hydrogen-bond acceptors (Lipinski definition) is 5. The van der Waals surface area contributed by atoms with Gasteiger partial charge in [-0.3, -0.25) is 0 Å². The number of methoxy groups -OCH3 is 1. The van der Waals surface area contributed by atoms with Gasteiger partial charge in [-0.1, -0.05) is 30.3 Å². The lowest BCUT2D eigenvalue weighted by molar-refractivity contribution is 0.379. The minimum atomic E-state index is 0.378. The molecular formula is C13H15N3OS. The van der Waals surface area contributed by atoms with E-state index in [-0.39, 0.29) is 0 Å². The van der Waals surface area contributed by atoms with Crippen LogP contribution in [-0.2, 0) is 6.54 Å². The quantitative estimate of drug-likeness (QED) is 0.839. The van der Waals surface area contributed by atoms with Crippen LogP contribution in [0.2, 0.25) is 0 Å². The number of nitrogens with one attached hydrogen (secondary N) is 1. The second kappa shape index (κ2) is 6.26. The SMILES string of the molecule is COc1ncc(SC)c(NCc2ccccc2)n1. The summed E-state index contributed by atoms with van der Waals surface area (Å²) in [4.78, 5) is 9.41. The minimum Gasteiger partial charge on any atom is -0.467 e. The fourth-order valence-electron chi connectivity index (χ4n) is 1.51. The highest BCUT2D eigenvalue weighted by Crippen LogP contribution is 2.24. The van der Waals surface area contributed by atoms with Gasteiger partial charge in [0.25, 0.3) is 0 Å². The molecule has 1 heterocycles. The average Bonchev–Trinajstić information content (AvgIpc) is 2.45. The summed E-state index contributed by atoms with van der Waals surface area (Å²) in [5, 5.41) is 3.30. The first-order chi connectivity index (χ1) is 8.83. The lowest BCUT2D eigenvalue weighted by Gasteiger charge is -2.10. The van der Waals surface area contributed by atoms with Crippen LogP contribution in [0.15, 0.2) is 41.4 Å². The van der Waals surface area contributed by atoms with Crippen LogP contribution in [0.25, 0.3) is 0 Å². The van der Waals surface area contributed by atoms with E-state index in [0.717, 1.165) is 17.3 Å². The predicted octanol–water partition coefficient (Wildman–Crippen LogP) is 2.82. The number of anilines is 1. The van der Waals surface area contributed by atoms with Crippen molar-refractivity contribution in [1.82, 2.24) is 9.97 Å². The van der Waals surface area contributed by atoms with Gasteiger partial charge in [0.05, 0.1) is 12.0 Å². The van der Waals surface area contributed by atoms with Crippen molar-refractivity contribution >= 4 is 17.6 Å². The van der Waals surface area contributed by atoms with Gasteiger partial charge in [0.2, 0.25) is 0 Å². The van der Waals surface area contributed by atoms with Crippen molar-refractivity contribution in [2.75, 3.05) is 18.7 Å². The Morgan fingerprint density at radius 3 is 2.72 bits per heavy atom. The Bertz CT molecular complexity index is 505. The summed E-state index contributed by atoms with van der Waals surface area (Å²) < 4.78 is 5.03. The Morgan fingerprint density at radius 2 is 2.06 bits per heavy atom. The summed E-state index contributed by atoms with van der Waals surface area (Å²) in [6.07, 6.45) is 3.77. The third kappa shape index (κ3) is 3.13. The predicted molar refractivity (Wildman–Crippen MR) is 74.1 cm³/mol.